The van der Waals surface area contributed by atoms with Crippen LogP contribution in [0.15, 0.2) is 0 Å². The van der Waals surface area contributed by atoms with Crippen molar-refractivity contribution in [1.29, 1.82) is 0 Å². The molecule has 0 bridgehead atoms. The first-order valence-electron chi connectivity index (χ1n) is 7.32. The van der Waals surface area contributed by atoms with Gasteiger partial charge in [0.15, 0.2) is 0 Å². The van der Waals surface area contributed by atoms with Crippen molar-refractivity contribution in [3.63, 3.8) is 0 Å². The van der Waals surface area contributed by atoms with E-state index in [1.807, 2.05) is 0 Å². The molecule has 1 N–H and O–H groups in total. The van der Waals surface area contributed by atoms with Gasteiger partial charge in [0.2, 0.25) is 5.13 Å². The maximum Gasteiger partial charge on any atom is 0.205 e. The molecule has 1 aliphatic heterocycles. The molecule has 19 heavy (non-hydrogen) atoms. The molecular weight excluding hydrogens is 256 g/mol. The van der Waals surface area contributed by atoms with Crippen LogP contribution < -0.4 is 5.32 Å². The Labute approximate surface area is 120 Å². The monoisotopic (exact) mass is 282 g/mol. The maximum atomic E-state index is 4.27. The Hall–Kier alpha value is -0.680. The Morgan fingerprint density at radius 2 is 1.95 bits per heavy atom. The third-order valence-electron chi connectivity index (χ3n) is 3.87. The number of rotatable bonds is 5. The van der Waals surface area contributed by atoms with E-state index >= 15 is 0 Å². The van der Waals surface area contributed by atoms with Crippen molar-refractivity contribution >= 4 is 16.5 Å². The summed E-state index contributed by atoms with van der Waals surface area (Å²) in [6.07, 6.45) is 3.59. The lowest BCUT2D eigenvalue weighted by atomic mass is 9.91. The standard InChI is InChI=1S/C14H26N4S/c1-10(2)9-13-16-17-14(19-13)15-11(3)12-5-7-18(4)8-6-12/h10-12H,5-9H2,1-4H3,(H,15,17). The molecule has 108 valence electrons. The Bertz CT molecular complexity index is 383. The van der Waals surface area contributed by atoms with Gasteiger partial charge in [0.1, 0.15) is 5.01 Å². The van der Waals surface area contributed by atoms with Gasteiger partial charge in [0.25, 0.3) is 0 Å². The second-order valence-corrected chi connectivity index (χ2v) is 7.23. The zero-order valence-corrected chi connectivity index (χ0v) is 13.3. The second kappa shape index (κ2) is 6.66. The number of aromatic nitrogens is 2. The first kappa shape index (κ1) is 14.7. The van der Waals surface area contributed by atoms with Crippen molar-refractivity contribution in [2.75, 3.05) is 25.5 Å². The molecule has 1 aromatic heterocycles. The molecule has 5 heteroatoms. The lowest BCUT2D eigenvalue weighted by Crippen LogP contribution is -2.37. The van der Waals surface area contributed by atoms with Gasteiger partial charge >= 0.3 is 0 Å². The molecule has 1 aliphatic rings. The highest BCUT2D eigenvalue weighted by molar-refractivity contribution is 7.15. The summed E-state index contributed by atoms with van der Waals surface area (Å²) >= 11 is 1.71. The Morgan fingerprint density at radius 1 is 1.26 bits per heavy atom. The highest BCUT2D eigenvalue weighted by Crippen LogP contribution is 2.24. The van der Waals surface area contributed by atoms with E-state index in [4.69, 9.17) is 0 Å². The van der Waals surface area contributed by atoms with Crippen molar-refractivity contribution in [3.8, 4) is 0 Å². The molecule has 1 aromatic rings. The van der Waals surface area contributed by atoms with Crippen molar-refractivity contribution in [2.45, 2.75) is 46.1 Å². The fraction of sp³-hybridized carbons (Fsp3) is 0.857. The maximum absolute atomic E-state index is 4.27. The van der Waals surface area contributed by atoms with E-state index in [1.165, 1.54) is 25.9 Å². The summed E-state index contributed by atoms with van der Waals surface area (Å²) < 4.78 is 0. The molecule has 0 radical (unpaired) electrons. The zero-order valence-electron chi connectivity index (χ0n) is 12.5. The highest BCUT2D eigenvalue weighted by atomic mass is 32.1. The largest absolute Gasteiger partial charge is 0.357 e. The number of nitrogens with zero attached hydrogens (tertiary/aromatic N) is 3. The molecule has 0 aliphatic carbocycles. The minimum Gasteiger partial charge on any atom is -0.357 e. The Morgan fingerprint density at radius 3 is 2.58 bits per heavy atom. The fourth-order valence-electron chi connectivity index (χ4n) is 2.58. The van der Waals surface area contributed by atoms with Gasteiger partial charge in [0, 0.05) is 12.5 Å². The minimum absolute atomic E-state index is 0.494. The molecular formula is C14H26N4S. The molecule has 1 unspecified atom stereocenters. The van der Waals surface area contributed by atoms with Crippen LogP contribution in [-0.2, 0) is 6.42 Å². The summed E-state index contributed by atoms with van der Waals surface area (Å²) in [5.74, 6) is 1.40. The van der Waals surface area contributed by atoms with Crippen molar-refractivity contribution in [1.82, 2.24) is 15.1 Å². The van der Waals surface area contributed by atoms with Gasteiger partial charge in [-0.3, -0.25) is 0 Å². The SMILES string of the molecule is CC(C)Cc1nnc(NC(C)C2CCN(C)CC2)s1. The van der Waals surface area contributed by atoms with Crippen LogP contribution in [0.25, 0.3) is 0 Å². The molecule has 1 fully saturated rings. The van der Waals surface area contributed by atoms with E-state index < -0.39 is 0 Å². The second-order valence-electron chi connectivity index (χ2n) is 6.17. The van der Waals surface area contributed by atoms with Crippen molar-refractivity contribution < 1.29 is 0 Å². The number of anilines is 1. The zero-order chi connectivity index (χ0) is 13.8. The number of hydrogen-bond acceptors (Lipinski definition) is 5. The topological polar surface area (TPSA) is 41.1 Å². The van der Waals surface area contributed by atoms with Crippen LogP contribution in [0, 0.1) is 11.8 Å². The molecule has 2 heterocycles. The van der Waals surface area contributed by atoms with Gasteiger partial charge in [0.05, 0.1) is 0 Å². The average molecular weight is 282 g/mol. The summed E-state index contributed by atoms with van der Waals surface area (Å²) in [4.78, 5) is 2.41. The molecule has 1 saturated heterocycles. The average Bonchev–Trinajstić information content (AvgIpc) is 2.76. The third kappa shape index (κ3) is 4.42. The molecule has 0 saturated carbocycles. The smallest absolute Gasteiger partial charge is 0.205 e. The first-order valence-corrected chi connectivity index (χ1v) is 8.13. The lowest BCUT2D eigenvalue weighted by Gasteiger charge is -2.32. The van der Waals surface area contributed by atoms with E-state index in [-0.39, 0.29) is 0 Å². The van der Waals surface area contributed by atoms with Crippen LogP contribution in [0.2, 0.25) is 0 Å². The van der Waals surface area contributed by atoms with E-state index in [0.717, 1.165) is 22.5 Å². The summed E-state index contributed by atoms with van der Waals surface area (Å²) in [5, 5.41) is 14.2. The van der Waals surface area contributed by atoms with E-state index in [0.29, 0.717) is 12.0 Å². The van der Waals surface area contributed by atoms with Gasteiger partial charge in [-0.15, -0.1) is 10.2 Å². The van der Waals surface area contributed by atoms with Crippen LogP contribution in [-0.4, -0.2) is 41.3 Å². The van der Waals surface area contributed by atoms with Gasteiger partial charge in [-0.25, -0.2) is 0 Å². The first-order chi connectivity index (χ1) is 9.04. The molecule has 1 atom stereocenters. The fourth-order valence-corrected chi connectivity index (χ4v) is 3.63. The normalized spacial score (nSPS) is 19.8. The third-order valence-corrected chi connectivity index (χ3v) is 4.75. The number of nitrogens with one attached hydrogen (secondary N) is 1. The number of piperidine rings is 1. The summed E-state index contributed by atoms with van der Waals surface area (Å²) in [6.45, 7) is 9.14. The molecule has 4 nitrogen and oxygen atoms in total. The summed E-state index contributed by atoms with van der Waals surface area (Å²) in [7, 11) is 2.21. The lowest BCUT2D eigenvalue weighted by molar-refractivity contribution is 0.208. The van der Waals surface area contributed by atoms with Gasteiger partial charge in [-0.1, -0.05) is 25.2 Å². The van der Waals surface area contributed by atoms with Crippen molar-refractivity contribution in [2.24, 2.45) is 11.8 Å². The van der Waals surface area contributed by atoms with Crippen LogP contribution in [0.1, 0.15) is 38.6 Å². The molecule has 0 amide bonds. The predicted octanol–water partition coefficient (Wildman–Crippen LogP) is 2.88. The summed E-state index contributed by atoms with van der Waals surface area (Å²) in [5.41, 5.74) is 0. The van der Waals surface area contributed by atoms with Gasteiger partial charge < -0.3 is 10.2 Å². The molecule has 0 spiro atoms. The van der Waals surface area contributed by atoms with Gasteiger partial charge in [-0.05, 0) is 51.7 Å². The quantitative estimate of drug-likeness (QED) is 0.901. The molecule has 2 rings (SSSR count). The summed E-state index contributed by atoms with van der Waals surface area (Å²) in [6, 6.07) is 0.494. The van der Waals surface area contributed by atoms with E-state index in [2.05, 4.69) is 48.2 Å². The predicted molar refractivity (Wildman–Crippen MR) is 81.8 cm³/mol. The van der Waals surface area contributed by atoms with Gasteiger partial charge in [-0.2, -0.15) is 0 Å². The number of hydrogen-bond donors (Lipinski definition) is 1. The Balaban J connectivity index is 1.84. The number of likely N-dealkylation sites (tertiary alicyclic amines) is 1. The Kier molecular flexibility index (Phi) is 5.16. The highest BCUT2D eigenvalue weighted by Gasteiger charge is 2.22. The minimum atomic E-state index is 0.494. The van der Waals surface area contributed by atoms with Crippen LogP contribution in [0.3, 0.4) is 0 Å². The van der Waals surface area contributed by atoms with Crippen LogP contribution >= 0.6 is 11.3 Å². The van der Waals surface area contributed by atoms with Crippen LogP contribution in [0.4, 0.5) is 5.13 Å². The van der Waals surface area contributed by atoms with Crippen LogP contribution in [0.5, 0.6) is 0 Å². The molecule has 0 aromatic carbocycles. The van der Waals surface area contributed by atoms with Crippen molar-refractivity contribution in [3.05, 3.63) is 5.01 Å². The van der Waals surface area contributed by atoms with E-state index in [1.54, 1.807) is 11.3 Å². The van der Waals surface area contributed by atoms with E-state index in [9.17, 15) is 0 Å².